The van der Waals surface area contributed by atoms with Crippen molar-refractivity contribution in [3.8, 4) is 11.5 Å². The van der Waals surface area contributed by atoms with E-state index in [2.05, 4.69) is 6.92 Å². The van der Waals surface area contributed by atoms with Crippen molar-refractivity contribution in [2.24, 2.45) is 5.41 Å². The summed E-state index contributed by atoms with van der Waals surface area (Å²) in [6.45, 7) is 8.30. The van der Waals surface area contributed by atoms with E-state index in [9.17, 15) is 4.79 Å². The molecule has 1 saturated heterocycles. The molecular formula is C28H38O5. The first-order chi connectivity index (χ1) is 16.1. The number of carbonyl (C=O) groups excluding carboxylic acids is 1. The topological polar surface area (TPSA) is 54.0 Å². The molecule has 0 bridgehead atoms. The van der Waals surface area contributed by atoms with Gasteiger partial charge in [-0.15, -0.1) is 0 Å². The third-order valence-corrected chi connectivity index (χ3v) is 6.22. The summed E-state index contributed by atoms with van der Waals surface area (Å²) in [5, 5.41) is 0. The molecule has 1 fully saturated rings. The summed E-state index contributed by atoms with van der Waals surface area (Å²) in [6, 6.07) is 15.5. The molecule has 0 unspecified atom stereocenters. The van der Waals surface area contributed by atoms with Gasteiger partial charge in [-0.3, -0.25) is 4.79 Å². The number of rotatable bonds is 15. The van der Waals surface area contributed by atoms with Gasteiger partial charge in [0.25, 0.3) is 0 Å². The highest BCUT2D eigenvalue weighted by Gasteiger charge is 2.36. The monoisotopic (exact) mass is 454 g/mol. The number of carbonyl (C=O) groups is 1. The molecule has 3 rings (SSSR count). The second-order valence-corrected chi connectivity index (χ2v) is 9.09. The Morgan fingerprint density at radius 2 is 1.58 bits per heavy atom. The summed E-state index contributed by atoms with van der Waals surface area (Å²) in [7, 11) is 0. The summed E-state index contributed by atoms with van der Waals surface area (Å²) in [6.07, 6.45) is 6.58. The molecule has 5 nitrogen and oxygen atoms in total. The molecule has 33 heavy (non-hydrogen) atoms. The van der Waals surface area contributed by atoms with Crippen LogP contribution in [0.15, 0.2) is 48.5 Å². The van der Waals surface area contributed by atoms with Crippen molar-refractivity contribution in [3.63, 3.8) is 0 Å². The maximum Gasteiger partial charge on any atom is 0.311 e. The van der Waals surface area contributed by atoms with Gasteiger partial charge in [-0.05, 0) is 68.9 Å². The van der Waals surface area contributed by atoms with Crippen molar-refractivity contribution in [3.05, 3.63) is 59.7 Å². The van der Waals surface area contributed by atoms with Crippen molar-refractivity contribution < 1.29 is 23.7 Å². The fourth-order valence-electron chi connectivity index (χ4n) is 3.71. The predicted octanol–water partition coefficient (Wildman–Crippen LogP) is 5.92. The van der Waals surface area contributed by atoms with Gasteiger partial charge in [-0.2, -0.15) is 0 Å². The Morgan fingerprint density at radius 3 is 2.21 bits per heavy atom. The second-order valence-electron chi connectivity index (χ2n) is 9.09. The Labute approximate surface area is 198 Å². The first-order valence-electron chi connectivity index (χ1n) is 12.2. The third kappa shape index (κ3) is 8.82. The molecule has 0 spiro atoms. The predicted molar refractivity (Wildman–Crippen MR) is 130 cm³/mol. The number of hydrogen-bond donors (Lipinski definition) is 0. The molecule has 2 aromatic carbocycles. The Kier molecular flexibility index (Phi) is 10.2. The Morgan fingerprint density at radius 1 is 0.909 bits per heavy atom. The van der Waals surface area contributed by atoms with Crippen LogP contribution in [-0.2, 0) is 20.7 Å². The quantitative estimate of drug-likeness (QED) is 0.190. The van der Waals surface area contributed by atoms with E-state index in [1.807, 2.05) is 55.5 Å². The van der Waals surface area contributed by atoms with Crippen LogP contribution >= 0.6 is 0 Å². The fraction of sp³-hybridized carbons (Fsp3) is 0.536. The fourth-order valence-corrected chi connectivity index (χ4v) is 3.71. The zero-order valence-electron chi connectivity index (χ0n) is 20.1. The lowest BCUT2D eigenvalue weighted by Crippen LogP contribution is -2.45. The zero-order valence-corrected chi connectivity index (χ0v) is 20.1. The standard InChI is InChI=1S/C28H38O5/c1-3-28(21-31-22-28)20-30-18-6-4-5-7-19-32-25-15-10-24(11-16-25)12-17-27(29)33-26-13-8-23(2)9-14-26/h8-11,13-16H,3-7,12,17-22H2,1-2H3. The molecule has 2 aromatic rings. The van der Waals surface area contributed by atoms with Crippen molar-refractivity contribution in [2.75, 3.05) is 33.0 Å². The summed E-state index contributed by atoms with van der Waals surface area (Å²) in [5.41, 5.74) is 2.53. The third-order valence-electron chi connectivity index (χ3n) is 6.22. The van der Waals surface area contributed by atoms with Crippen LogP contribution in [0, 0.1) is 12.3 Å². The lowest BCUT2D eigenvalue weighted by molar-refractivity contribution is -0.150. The number of esters is 1. The minimum absolute atomic E-state index is 0.216. The van der Waals surface area contributed by atoms with Crippen LogP contribution in [0.1, 0.15) is 56.6 Å². The molecule has 0 N–H and O–H groups in total. The Bertz CT molecular complexity index is 819. The molecular weight excluding hydrogens is 416 g/mol. The van der Waals surface area contributed by atoms with Crippen molar-refractivity contribution in [1.29, 1.82) is 0 Å². The van der Waals surface area contributed by atoms with Crippen LogP contribution < -0.4 is 9.47 Å². The summed E-state index contributed by atoms with van der Waals surface area (Å²) >= 11 is 0. The summed E-state index contributed by atoms with van der Waals surface area (Å²) < 4.78 is 22.4. The van der Waals surface area contributed by atoms with Gasteiger partial charge in [0.05, 0.1) is 26.4 Å². The minimum atomic E-state index is -0.216. The molecule has 0 aliphatic carbocycles. The minimum Gasteiger partial charge on any atom is -0.494 e. The molecule has 1 heterocycles. The summed E-state index contributed by atoms with van der Waals surface area (Å²) in [5.74, 6) is 1.25. The molecule has 0 amide bonds. The van der Waals surface area contributed by atoms with Gasteiger partial charge in [0.15, 0.2) is 0 Å². The first-order valence-corrected chi connectivity index (χ1v) is 12.2. The molecule has 0 radical (unpaired) electrons. The number of hydrogen-bond acceptors (Lipinski definition) is 5. The van der Waals surface area contributed by atoms with E-state index < -0.39 is 0 Å². The lowest BCUT2D eigenvalue weighted by atomic mass is 9.84. The average Bonchev–Trinajstić information content (AvgIpc) is 2.80. The molecule has 5 heteroatoms. The molecule has 1 aliphatic heterocycles. The van der Waals surface area contributed by atoms with Gasteiger partial charge in [-0.1, -0.05) is 43.2 Å². The molecule has 0 atom stereocenters. The lowest BCUT2D eigenvalue weighted by Gasteiger charge is -2.40. The second kappa shape index (κ2) is 13.4. The van der Waals surface area contributed by atoms with Gasteiger partial charge < -0.3 is 18.9 Å². The largest absolute Gasteiger partial charge is 0.494 e. The number of aryl methyl sites for hydroxylation is 2. The molecule has 180 valence electrons. The van der Waals surface area contributed by atoms with E-state index >= 15 is 0 Å². The van der Waals surface area contributed by atoms with Crippen molar-refractivity contribution in [2.45, 2.75) is 58.8 Å². The van der Waals surface area contributed by atoms with E-state index in [0.717, 1.165) is 82.0 Å². The number of ether oxygens (including phenoxy) is 4. The van der Waals surface area contributed by atoms with Crippen LogP contribution in [0.2, 0.25) is 0 Å². The van der Waals surface area contributed by atoms with Crippen LogP contribution in [0.3, 0.4) is 0 Å². The maximum absolute atomic E-state index is 12.0. The van der Waals surface area contributed by atoms with Crippen LogP contribution in [-0.4, -0.2) is 39.0 Å². The van der Waals surface area contributed by atoms with E-state index in [0.29, 0.717) is 18.6 Å². The van der Waals surface area contributed by atoms with E-state index in [4.69, 9.17) is 18.9 Å². The maximum atomic E-state index is 12.0. The number of benzene rings is 2. The van der Waals surface area contributed by atoms with E-state index in [1.54, 1.807) is 0 Å². The highest BCUT2D eigenvalue weighted by molar-refractivity contribution is 5.72. The van der Waals surface area contributed by atoms with Gasteiger partial charge in [0, 0.05) is 18.4 Å². The zero-order chi connectivity index (χ0) is 23.4. The van der Waals surface area contributed by atoms with Gasteiger partial charge in [0.1, 0.15) is 11.5 Å². The molecule has 1 aliphatic rings. The average molecular weight is 455 g/mol. The number of unbranched alkanes of at least 4 members (excludes halogenated alkanes) is 3. The van der Waals surface area contributed by atoms with E-state index in [1.165, 1.54) is 0 Å². The van der Waals surface area contributed by atoms with Gasteiger partial charge >= 0.3 is 5.97 Å². The van der Waals surface area contributed by atoms with Gasteiger partial charge in [0.2, 0.25) is 0 Å². The van der Waals surface area contributed by atoms with Crippen LogP contribution in [0.5, 0.6) is 11.5 Å². The first kappa shape index (κ1) is 25.3. The molecule has 0 aromatic heterocycles. The Hall–Kier alpha value is -2.37. The van der Waals surface area contributed by atoms with Crippen molar-refractivity contribution >= 4 is 5.97 Å². The normalized spacial score (nSPS) is 14.5. The van der Waals surface area contributed by atoms with Crippen LogP contribution in [0.25, 0.3) is 0 Å². The highest BCUT2D eigenvalue weighted by atomic mass is 16.5. The highest BCUT2D eigenvalue weighted by Crippen LogP contribution is 2.31. The molecule has 0 saturated carbocycles. The SMILES string of the molecule is CCC1(COCCCCCCOc2ccc(CCC(=O)Oc3ccc(C)cc3)cc2)COC1. The van der Waals surface area contributed by atoms with E-state index in [-0.39, 0.29) is 11.4 Å². The smallest absolute Gasteiger partial charge is 0.311 e. The van der Waals surface area contributed by atoms with Gasteiger partial charge in [-0.25, -0.2) is 0 Å². The summed E-state index contributed by atoms with van der Waals surface area (Å²) in [4.78, 5) is 12.0. The van der Waals surface area contributed by atoms with Crippen LogP contribution in [0.4, 0.5) is 0 Å². The van der Waals surface area contributed by atoms with Crippen molar-refractivity contribution in [1.82, 2.24) is 0 Å². The Balaban J connectivity index is 1.20.